The van der Waals surface area contributed by atoms with Crippen LogP contribution in [0, 0.1) is 0 Å². The van der Waals surface area contributed by atoms with Crippen LogP contribution >= 0.6 is 27.7 Å². The van der Waals surface area contributed by atoms with Crippen molar-refractivity contribution in [2.75, 3.05) is 5.75 Å². The van der Waals surface area contributed by atoms with Crippen molar-refractivity contribution in [3.63, 3.8) is 0 Å². The Bertz CT molecular complexity index is 1170. The maximum atomic E-state index is 12.1. The zero-order chi connectivity index (χ0) is 18.8. The molecular formula is C19H12BrNO5S. The number of aromatic nitrogens is 1. The van der Waals surface area contributed by atoms with Gasteiger partial charge in [0.25, 0.3) is 5.22 Å². The molecule has 0 bridgehead atoms. The molecule has 0 aliphatic rings. The molecule has 0 atom stereocenters. The largest absolute Gasteiger partial charge is 0.460 e. The first-order valence-electron chi connectivity index (χ1n) is 7.95. The Kier molecular flexibility index (Phi) is 5.00. The molecule has 27 heavy (non-hydrogen) atoms. The Morgan fingerprint density at radius 3 is 2.81 bits per heavy atom. The maximum absolute atomic E-state index is 12.1. The molecule has 0 N–H and O–H groups in total. The molecule has 2 aromatic heterocycles. The number of ether oxygens (including phenoxy) is 1. The highest BCUT2D eigenvalue weighted by Crippen LogP contribution is 2.24. The number of fused-ring (bicyclic) bond motifs is 2. The van der Waals surface area contributed by atoms with E-state index in [2.05, 4.69) is 20.9 Å². The number of oxazole rings is 1. The zero-order valence-electron chi connectivity index (χ0n) is 13.8. The van der Waals surface area contributed by atoms with Gasteiger partial charge in [0.1, 0.15) is 23.5 Å². The quantitative estimate of drug-likeness (QED) is 0.253. The molecule has 0 radical (unpaired) electrons. The summed E-state index contributed by atoms with van der Waals surface area (Å²) in [5.41, 5.74) is 1.94. The van der Waals surface area contributed by atoms with E-state index >= 15 is 0 Å². The highest BCUT2D eigenvalue weighted by molar-refractivity contribution is 9.10. The molecule has 0 amide bonds. The number of benzene rings is 2. The summed E-state index contributed by atoms with van der Waals surface area (Å²) in [6.45, 7) is -0.0172. The van der Waals surface area contributed by atoms with Gasteiger partial charge in [0.05, 0.1) is 0 Å². The van der Waals surface area contributed by atoms with Crippen molar-refractivity contribution in [1.82, 2.24) is 4.98 Å². The van der Waals surface area contributed by atoms with Gasteiger partial charge in [-0.3, -0.25) is 4.79 Å². The van der Waals surface area contributed by atoms with Crippen molar-refractivity contribution in [2.24, 2.45) is 0 Å². The lowest BCUT2D eigenvalue weighted by molar-refractivity contribution is -0.141. The van der Waals surface area contributed by atoms with E-state index in [9.17, 15) is 9.59 Å². The van der Waals surface area contributed by atoms with Gasteiger partial charge in [-0.05, 0) is 30.3 Å². The number of hydrogen-bond acceptors (Lipinski definition) is 7. The van der Waals surface area contributed by atoms with Gasteiger partial charge >= 0.3 is 11.6 Å². The Morgan fingerprint density at radius 1 is 1.11 bits per heavy atom. The van der Waals surface area contributed by atoms with E-state index in [1.54, 1.807) is 12.1 Å². The summed E-state index contributed by atoms with van der Waals surface area (Å²) in [6, 6.07) is 14.0. The Morgan fingerprint density at radius 2 is 1.96 bits per heavy atom. The third kappa shape index (κ3) is 4.06. The van der Waals surface area contributed by atoms with Crippen molar-refractivity contribution in [3.8, 4) is 0 Å². The van der Waals surface area contributed by atoms with Gasteiger partial charge in [-0.25, -0.2) is 9.78 Å². The van der Waals surface area contributed by atoms with Crippen molar-refractivity contribution < 1.29 is 18.4 Å². The molecule has 6 nitrogen and oxygen atoms in total. The number of esters is 1. The molecule has 0 aliphatic carbocycles. The third-order valence-corrected chi connectivity index (χ3v) is 5.06. The molecule has 0 spiro atoms. The first kappa shape index (κ1) is 17.8. The standard InChI is InChI=1S/C19H12BrNO5S/c20-12-5-6-13-11(7-17(22)25-16(13)8-12)9-24-18(23)10-27-19-21-14-3-1-2-4-15(14)26-19/h1-8H,9-10H2. The van der Waals surface area contributed by atoms with Gasteiger partial charge in [-0.2, -0.15) is 0 Å². The second-order valence-corrected chi connectivity index (χ2v) is 7.47. The number of nitrogens with zero attached hydrogens (tertiary/aromatic N) is 1. The minimum atomic E-state index is -0.493. The van der Waals surface area contributed by atoms with Crippen LogP contribution in [0.5, 0.6) is 0 Å². The van der Waals surface area contributed by atoms with Gasteiger partial charge in [0, 0.05) is 21.5 Å². The van der Waals surface area contributed by atoms with E-state index in [4.69, 9.17) is 13.6 Å². The van der Waals surface area contributed by atoms with Crippen molar-refractivity contribution in [3.05, 3.63) is 69.0 Å². The number of rotatable bonds is 5. The van der Waals surface area contributed by atoms with Gasteiger partial charge in [0.2, 0.25) is 0 Å². The summed E-state index contributed by atoms with van der Waals surface area (Å²) in [6.07, 6.45) is 0. The van der Waals surface area contributed by atoms with Crippen LogP contribution in [0.2, 0.25) is 0 Å². The lowest BCUT2D eigenvalue weighted by atomic mass is 10.1. The summed E-state index contributed by atoms with van der Waals surface area (Å²) < 4.78 is 16.8. The van der Waals surface area contributed by atoms with Crippen molar-refractivity contribution in [2.45, 2.75) is 11.8 Å². The van der Waals surface area contributed by atoms with E-state index in [1.165, 1.54) is 6.07 Å². The summed E-state index contributed by atoms with van der Waals surface area (Å²) in [5, 5.41) is 1.13. The van der Waals surface area contributed by atoms with E-state index < -0.39 is 11.6 Å². The van der Waals surface area contributed by atoms with E-state index in [1.807, 2.05) is 30.3 Å². The summed E-state index contributed by atoms with van der Waals surface area (Å²) in [4.78, 5) is 28.1. The van der Waals surface area contributed by atoms with Crippen LogP contribution in [0.4, 0.5) is 0 Å². The lowest BCUT2D eigenvalue weighted by Gasteiger charge is -2.07. The first-order chi connectivity index (χ1) is 13.1. The average molecular weight is 446 g/mol. The molecule has 0 fully saturated rings. The fraction of sp³-hybridized carbons (Fsp3) is 0.105. The smallest absolute Gasteiger partial charge is 0.336 e. The third-order valence-electron chi connectivity index (χ3n) is 3.77. The van der Waals surface area contributed by atoms with Crippen LogP contribution in [0.1, 0.15) is 5.56 Å². The molecule has 4 aromatic rings. The fourth-order valence-electron chi connectivity index (χ4n) is 2.56. The average Bonchev–Trinajstić information content (AvgIpc) is 3.07. The second-order valence-electron chi connectivity index (χ2n) is 5.63. The Hall–Kier alpha value is -2.58. The van der Waals surface area contributed by atoms with Crippen molar-refractivity contribution in [1.29, 1.82) is 0 Å². The van der Waals surface area contributed by atoms with E-state index in [0.29, 0.717) is 22.0 Å². The second kappa shape index (κ2) is 7.58. The number of carbonyl (C=O) groups is 1. The lowest BCUT2D eigenvalue weighted by Crippen LogP contribution is -2.09. The maximum Gasteiger partial charge on any atom is 0.336 e. The molecule has 136 valence electrons. The Balaban J connectivity index is 1.42. The minimum absolute atomic E-state index is 0.0172. The molecule has 2 aromatic carbocycles. The van der Waals surface area contributed by atoms with Crippen LogP contribution in [0.15, 0.2) is 71.9 Å². The Labute approximate surface area is 165 Å². The SMILES string of the molecule is O=C(CSc1nc2ccccc2o1)OCc1cc(=O)oc2cc(Br)ccc12. The molecule has 0 unspecified atom stereocenters. The minimum Gasteiger partial charge on any atom is -0.460 e. The van der Waals surface area contributed by atoms with Crippen LogP contribution in [-0.4, -0.2) is 16.7 Å². The number of carbonyl (C=O) groups excluding carboxylic acids is 1. The van der Waals surface area contributed by atoms with Crippen LogP contribution < -0.4 is 5.63 Å². The molecule has 2 heterocycles. The predicted molar refractivity (Wildman–Crippen MR) is 105 cm³/mol. The number of para-hydroxylation sites is 2. The molecule has 4 rings (SSSR count). The molecule has 0 saturated carbocycles. The summed E-state index contributed by atoms with van der Waals surface area (Å²) in [5.74, 6) is -0.377. The molecule has 0 saturated heterocycles. The predicted octanol–water partition coefficient (Wildman–Crippen LogP) is 4.53. The topological polar surface area (TPSA) is 82.5 Å². The zero-order valence-corrected chi connectivity index (χ0v) is 16.2. The van der Waals surface area contributed by atoms with E-state index in [0.717, 1.165) is 27.1 Å². The molecule has 0 aliphatic heterocycles. The molecular weight excluding hydrogens is 434 g/mol. The highest BCUT2D eigenvalue weighted by Gasteiger charge is 2.12. The van der Waals surface area contributed by atoms with Crippen molar-refractivity contribution >= 4 is 55.7 Å². The van der Waals surface area contributed by atoms with Gasteiger partial charge in [0.15, 0.2) is 5.58 Å². The van der Waals surface area contributed by atoms with Gasteiger partial charge in [-0.1, -0.05) is 39.8 Å². The summed E-state index contributed by atoms with van der Waals surface area (Å²) >= 11 is 4.49. The number of hydrogen-bond donors (Lipinski definition) is 0. The first-order valence-corrected chi connectivity index (χ1v) is 9.72. The molecule has 8 heteroatoms. The van der Waals surface area contributed by atoms with Crippen LogP contribution in [-0.2, 0) is 16.1 Å². The summed E-state index contributed by atoms with van der Waals surface area (Å²) in [7, 11) is 0. The van der Waals surface area contributed by atoms with Crippen LogP contribution in [0.3, 0.4) is 0 Å². The highest BCUT2D eigenvalue weighted by atomic mass is 79.9. The number of halogens is 1. The monoisotopic (exact) mass is 445 g/mol. The van der Waals surface area contributed by atoms with E-state index in [-0.39, 0.29) is 12.4 Å². The van der Waals surface area contributed by atoms with Crippen LogP contribution in [0.25, 0.3) is 22.1 Å². The fourth-order valence-corrected chi connectivity index (χ4v) is 3.53. The normalized spacial score (nSPS) is 11.1. The number of thioether (sulfide) groups is 1. The van der Waals surface area contributed by atoms with Gasteiger partial charge in [-0.15, -0.1) is 0 Å². The van der Waals surface area contributed by atoms with Gasteiger partial charge < -0.3 is 13.6 Å².